The van der Waals surface area contributed by atoms with Crippen LogP contribution in [0.1, 0.15) is 22.6 Å². The van der Waals surface area contributed by atoms with Gasteiger partial charge >= 0.3 is 0 Å². The molecule has 1 unspecified atom stereocenters. The zero-order chi connectivity index (χ0) is 40.5. The minimum Gasteiger partial charge on any atom is -0.292 e. The molecule has 0 radical (unpaired) electrons. The molecule has 62 heavy (non-hydrogen) atoms. The summed E-state index contributed by atoms with van der Waals surface area (Å²) in [5.41, 5.74) is 19.8. The third-order valence-corrected chi connectivity index (χ3v) is 13.6. The average Bonchev–Trinajstić information content (AvgIpc) is 3.82. The Labute approximate surface area is 357 Å². The highest BCUT2D eigenvalue weighted by molar-refractivity contribution is 6.32. The smallest absolute Gasteiger partial charge is 0.165 e. The van der Waals surface area contributed by atoms with Crippen LogP contribution in [0.3, 0.4) is 0 Å². The fourth-order valence-electron chi connectivity index (χ4n) is 11.0. The second kappa shape index (κ2) is 12.7. The molecule has 2 aromatic heterocycles. The quantitative estimate of drug-likeness (QED) is 0.166. The molecule has 0 saturated carbocycles. The van der Waals surface area contributed by atoms with E-state index < -0.39 is 0 Å². The topological polar surface area (TPSA) is 30.7 Å². The van der Waals surface area contributed by atoms with Crippen LogP contribution in [0.4, 0.5) is 0 Å². The van der Waals surface area contributed by atoms with Crippen LogP contribution in [0.15, 0.2) is 206 Å². The molecule has 0 N–H and O–H groups in total. The van der Waals surface area contributed by atoms with E-state index in [1.54, 1.807) is 0 Å². The van der Waals surface area contributed by atoms with Crippen molar-refractivity contribution in [3.05, 3.63) is 223 Å². The van der Waals surface area contributed by atoms with Crippen molar-refractivity contribution < 1.29 is 0 Å². The lowest BCUT2D eigenvalue weighted by atomic mass is 9.88. The SMILES string of the molecule is c1ccc(-c2ccc3c4c2-c2ccccc2-c2cccc5ccc(c4c25)n3-c2nc3c(ccc4ccccc43)nc2-c2ccc3c(c2)-c2ccccc2C3c2ccccc2)cc1. The summed E-state index contributed by atoms with van der Waals surface area (Å²) in [7, 11) is 0. The summed E-state index contributed by atoms with van der Waals surface area (Å²) in [6.45, 7) is 0. The standard InChI is InChI=1S/C59H35N3/c1-3-14-35(15-4-1)40-30-33-51-56-54(40)46-24-12-9-21-42(46)45-25-13-19-38-28-32-50(55(56)53(38)45)62(51)59-57(60-49-31-27-36-16-7-8-20-41(36)58(49)61-59)39-26-29-47-48(34-39)43-22-10-11-23-44(43)52(47)37-17-5-2-6-18-37/h1-34,52H. The largest absolute Gasteiger partial charge is 0.292 e. The fourth-order valence-corrected chi connectivity index (χ4v) is 11.0. The molecular weight excluding hydrogens is 751 g/mol. The van der Waals surface area contributed by atoms with Crippen LogP contribution in [0.2, 0.25) is 0 Å². The van der Waals surface area contributed by atoms with E-state index in [0.717, 1.165) is 49.9 Å². The van der Waals surface area contributed by atoms with Gasteiger partial charge in [0.1, 0.15) is 5.69 Å². The van der Waals surface area contributed by atoms with Gasteiger partial charge in [-0.3, -0.25) is 4.57 Å². The Morgan fingerprint density at radius 1 is 0.387 bits per heavy atom. The normalized spacial score (nSPS) is 13.6. The van der Waals surface area contributed by atoms with E-state index in [-0.39, 0.29) is 5.92 Å². The second-order valence-electron chi connectivity index (χ2n) is 16.8. The predicted octanol–water partition coefficient (Wildman–Crippen LogP) is 15.2. The minimum atomic E-state index is 0.162. The molecule has 10 aromatic carbocycles. The van der Waals surface area contributed by atoms with Gasteiger partial charge in [0.2, 0.25) is 0 Å². The van der Waals surface area contributed by atoms with E-state index >= 15 is 0 Å². The summed E-state index contributed by atoms with van der Waals surface area (Å²) in [6, 6.07) is 75.5. The van der Waals surface area contributed by atoms with Gasteiger partial charge in [-0.1, -0.05) is 182 Å². The van der Waals surface area contributed by atoms with Crippen molar-refractivity contribution in [2.75, 3.05) is 0 Å². The van der Waals surface area contributed by atoms with E-state index in [0.29, 0.717) is 0 Å². The van der Waals surface area contributed by atoms with E-state index in [1.807, 2.05) is 0 Å². The van der Waals surface area contributed by atoms with Crippen molar-refractivity contribution in [2.45, 2.75) is 5.92 Å². The maximum atomic E-state index is 5.80. The first-order chi connectivity index (χ1) is 30.8. The summed E-state index contributed by atoms with van der Waals surface area (Å²) in [6.07, 6.45) is 0. The third-order valence-electron chi connectivity index (χ3n) is 13.6. The summed E-state index contributed by atoms with van der Waals surface area (Å²) >= 11 is 0. The number of rotatable bonds is 4. The molecule has 12 aromatic rings. The lowest BCUT2D eigenvalue weighted by molar-refractivity contribution is 1.01. The van der Waals surface area contributed by atoms with Gasteiger partial charge in [0.25, 0.3) is 0 Å². The number of hydrogen-bond donors (Lipinski definition) is 0. The molecular formula is C59H35N3. The number of benzene rings is 10. The molecule has 0 bridgehead atoms. The Morgan fingerprint density at radius 3 is 1.95 bits per heavy atom. The monoisotopic (exact) mass is 785 g/mol. The Morgan fingerprint density at radius 2 is 1.06 bits per heavy atom. The summed E-state index contributed by atoms with van der Waals surface area (Å²) < 4.78 is 2.42. The van der Waals surface area contributed by atoms with E-state index in [1.165, 1.54) is 82.7 Å². The zero-order valence-corrected chi connectivity index (χ0v) is 33.5. The summed E-state index contributed by atoms with van der Waals surface area (Å²) in [4.78, 5) is 11.5. The first-order valence-electron chi connectivity index (χ1n) is 21.4. The number of fused-ring (bicyclic) bond motifs is 9. The van der Waals surface area contributed by atoms with Gasteiger partial charge in [-0.05, 0) is 96.1 Å². The molecule has 2 heterocycles. The van der Waals surface area contributed by atoms with Gasteiger partial charge in [-0.2, -0.15) is 0 Å². The zero-order valence-electron chi connectivity index (χ0n) is 33.5. The van der Waals surface area contributed by atoms with Gasteiger partial charge in [0.05, 0.1) is 22.1 Å². The number of aromatic nitrogens is 3. The highest BCUT2D eigenvalue weighted by atomic mass is 15.1. The van der Waals surface area contributed by atoms with Crippen molar-refractivity contribution in [1.82, 2.24) is 14.5 Å². The van der Waals surface area contributed by atoms with Crippen LogP contribution < -0.4 is 0 Å². The molecule has 2 aliphatic rings. The van der Waals surface area contributed by atoms with Crippen molar-refractivity contribution >= 4 is 54.4 Å². The van der Waals surface area contributed by atoms with Crippen molar-refractivity contribution in [3.63, 3.8) is 0 Å². The van der Waals surface area contributed by atoms with Gasteiger partial charge < -0.3 is 0 Å². The number of nitrogens with zero attached hydrogens (tertiary/aromatic N) is 3. The minimum absolute atomic E-state index is 0.162. The van der Waals surface area contributed by atoms with Crippen molar-refractivity contribution in [2.24, 2.45) is 0 Å². The first kappa shape index (κ1) is 33.7. The Kier molecular flexibility index (Phi) is 6.89. The van der Waals surface area contributed by atoms with Crippen LogP contribution in [0, 0.1) is 0 Å². The molecule has 1 atom stereocenters. The molecule has 2 aliphatic carbocycles. The summed E-state index contributed by atoms with van der Waals surface area (Å²) in [5, 5.41) is 7.22. The van der Waals surface area contributed by atoms with Crippen LogP contribution in [-0.2, 0) is 0 Å². The van der Waals surface area contributed by atoms with Crippen LogP contribution >= 0.6 is 0 Å². The van der Waals surface area contributed by atoms with Gasteiger partial charge in [-0.25, -0.2) is 9.97 Å². The molecule has 3 heteroatoms. The average molecular weight is 786 g/mol. The van der Waals surface area contributed by atoms with Gasteiger partial charge in [-0.15, -0.1) is 0 Å². The lowest BCUT2D eigenvalue weighted by Crippen LogP contribution is -2.05. The van der Waals surface area contributed by atoms with Gasteiger partial charge in [0, 0.05) is 33.2 Å². The van der Waals surface area contributed by atoms with Crippen molar-refractivity contribution in [3.8, 4) is 61.6 Å². The highest BCUT2D eigenvalue weighted by Gasteiger charge is 2.32. The first-order valence-corrected chi connectivity index (χ1v) is 21.4. The molecule has 0 saturated heterocycles. The highest BCUT2D eigenvalue weighted by Crippen LogP contribution is 2.54. The van der Waals surface area contributed by atoms with Gasteiger partial charge in [0.15, 0.2) is 5.82 Å². The van der Waals surface area contributed by atoms with Crippen molar-refractivity contribution in [1.29, 1.82) is 0 Å². The van der Waals surface area contributed by atoms with E-state index in [4.69, 9.17) is 9.97 Å². The molecule has 3 nitrogen and oxygen atoms in total. The Bertz CT molecular complexity index is 3860. The van der Waals surface area contributed by atoms with Crippen LogP contribution in [0.5, 0.6) is 0 Å². The second-order valence-corrected chi connectivity index (χ2v) is 16.8. The maximum absolute atomic E-state index is 5.80. The molecule has 0 fully saturated rings. The van der Waals surface area contributed by atoms with Crippen LogP contribution in [0.25, 0.3) is 116 Å². The number of hydrogen-bond acceptors (Lipinski definition) is 2. The van der Waals surface area contributed by atoms with E-state index in [9.17, 15) is 0 Å². The third kappa shape index (κ3) is 4.60. The molecule has 14 rings (SSSR count). The van der Waals surface area contributed by atoms with E-state index in [2.05, 4.69) is 211 Å². The lowest BCUT2D eigenvalue weighted by Gasteiger charge is -2.18. The molecule has 0 spiro atoms. The Balaban J connectivity index is 1.13. The Hall–Kier alpha value is -8.14. The maximum Gasteiger partial charge on any atom is 0.165 e. The molecule has 0 aliphatic heterocycles. The fraction of sp³-hybridized carbons (Fsp3) is 0.0169. The summed E-state index contributed by atoms with van der Waals surface area (Å²) in [5.74, 6) is 0.985. The molecule has 0 amide bonds. The predicted molar refractivity (Wildman–Crippen MR) is 257 cm³/mol. The molecule has 286 valence electrons. The van der Waals surface area contributed by atoms with Crippen LogP contribution in [-0.4, -0.2) is 14.5 Å².